The predicted octanol–water partition coefficient (Wildman–Crippen LogP) is 3.68. The van der Waals surface area contributed by atoms with Crippen molar-refractivity contribution >= 4 is 28.0 Å². The lowest BCUT2D eigenvalue weighted by molar-refractivity contribution is -0.105. The Morgan fingerprint density at radius 2 is 1.69 bits per heavy atom. The first-order valence-electron chi connectivity index (χ1n) is 4.86. The monoisotopic (exact) mass is 275 g/mol. The molecule has 0 bridgehead atoms. The number of rotatable bonds is 3. The zero-order valence-electron chi connectivity index (χ0n) is 8.48. The number of nitrogens with one attached hydrogen (secondary N) is 1. The summed E-state index contributed by atoms with van der Waals surface area (Å²) >= 11 is 3.40. The van der Waals surface area contributed by atoms with Gasteiger partial charge in [-0.05, 0) is 23.8 Å². The summed E-state index contributed by atoms with van der Waals surface area (Å²) < 4.78 is 1.04. The average molecular weight is 276 g/mol. The SMILES string of the molecule is O=CNc1ccccc1-c1ccc(Br)cc1. The first-order chi connectivity index (χ1) is 7.81. The van der Waals surface area contributed by atoms with Gasteiger partial charge in [-0.3, -0.25) is 4.79 Å². The van der Waals surface area contributed by atoms with Crippen molar-refractivity contribution in [2.24, 2.45) is 0 Å². The van der Waals surface area contributed by atoms with E-state index in [-0.39, 0.29) is 0 Å². The quantitative estimate of drug-likeness (QED) is 0.851. The zero-order chi connectivity index (χ0) is 11.4. The topological polar surface area (TPSA) is 29.1 Å². The standard InChI is InChI=1S/C13H10BrNO/c14-11-7-5-10(6-8-11)12-3-1-2-4-13(12)15-9-16/h1-9H,(H,15,16). The van der Waals surface area contributed by atoms with E-state index in [1.165, 1.54) is 0 Å². The molecule has 0 heterocycles. The van der Waals surface area contributed by atoms with Gasteiger partial charge in [0, 0.05) is 15.7 Å². The molecule has 0 radical (unpaired) electrons. The molecular weight excluding hydrogens is 266 g/mol. The van der Waals surface area contributed by atoms with Crippen LogP contribution in [0.5, 0.6) is 0 Å². The van der Waals surface area contributed by atoms with Gasteiger partial charge in [0.05, 0.1) is 0 Å². The van der Waals surface area contributed by atoms with E-state index in [0.29, 0.717) is 6.41 Å². The second-order valence-electron chi connectivity index (χ2n) is 3.31. The fraction of sp³-hybridized carbons (Fsp3) is 0. The number of amides is 1. The van der Waals surface area contributed by atoms with Crippen molar-refractivity contribution in [3.8, 4) is 11.1 Å². The van der Waals surface area contributed by atoms with Gasteiger partial charge >= 0.3 is 0 Å². The van der Waals surface area contributed by atoms with E-state index < -0.39 is 0 Å². The van der Waals surface area contributed by atoms with E-state index in [1.54, 1.807) is 0 Å². The Bertz CT molecular complexity index is 494. The highest BCUT2D eigenvalue weighted by atomic mass is 79.9. The van der Waals surface area contributed by atoms with Crippen molar-refractivity contribution in [1.29, 1.82) is 0 Å². The Morgan fingerprint density at radius 1 is 1.00 bits per heavy atom. The molecule has 16 heavy (non-hydrogen) atoms. The molecule has 0 aliphatic carbocycles. The molecule has 0 atom stereocenters. The molecule has 0 spiro atoms. The highest BCUT2D eigenvalue weighted by Crippen LogP contribution is 2.28. The average Bonchev–Trinajstić information content (AvgIpc) is 2.32. The van der Waals surface area contributed by atoms with Crippen molar-refractivity contribution in [1.82, 2.24) is 0 Å². The Labute approximate surface area is 102 Å². The fourth-order valence-electron chi connectivity index (χ4n) is 1.55. The molecule has 2 aromatic rings. The summed E-state index contributed by atoms with van der Waals surface area (Å²) in [5.41, 5.74) is 2.91. The molecule has 0 aliphatic heterocycles. The van der Waals surface area contributed by atoms with Crippen LogP contribution in [0.1, 0.15) is 0 Å². The van der Waals surface area contributed by atoms with Crippen LogP contribution in [0.2, 0.25) is 0 Å². The minimum absolute atomic E-state index is 0.692. The largest absolute Gasteiger partial charge is 0.328 e. The van der Waals surface area contributed by atoms with Gasteiger partial charge in [-0.1, -0.05) is 46.3 Å². The maximum atomic E-state index is 10.5. The summed E-state index contributed by atoms with van der Waals surface area (Å²) in [4.78, 5) is 10.5. The number of hydrogen-bond donors (Lipinski definition) is 1. The van der Waals surface area contributed by atoms with Crippen LogP contribution in [0.3, 0.4) is 0 Å². The summed E-state index contributed by atoms with van der Waals surface area (Å²) in [5.74, 6) is 0. The van der Waals surface area contributed by atoms with Crippen molar-refractivity contribution in [3.63, 3.8) is 0 Å². The van der Waals surface area contributed by atoms with Crippen LogP contribution < -0.4 is 5.32 Å². The van der Waals surface area contributed by atoms with Crippen LogP contribution in [0.15, 0.2) is 53.0 Å². The van der Waals surface area contributed by atoms with Crippen molar-refractivity contribution in [2.45, 2.75) is 0 Å². The summed E-state index contributed by atoms with van der Waals surface area (Å²) in [6, 6.07) is 15.7. The zero-order valence-corrected chi connectivity index (χ0v) is 10.1. The first kappa shape index (κ1) is 10.9. The maximum absolute atomic E-state index is 10.5. The molecule has 0 aliphatic rings. The third kappa shape index (κ3) is 2.31. The van der Waals surface area contributed by atoms with Gasteiger partial charge in [-0.15, -0.1) is 0 Å². The summed E-state index contributed by atoms with van der Waals surface area (Å²) in [5, 5.41) is 2.70. The predicted molar refractivity (Wildman–Crippen MR) is 69.3 cm³/mol. The first-order valence-corrected chi connectivity index (χ1v) is 5.66. The molecule has 0 unspecified atom stereocenters. The van der Waals surface area contributed by atoms with Gasteiger partial charge < -0.3 is 5.32 Å². The normalized spacial score (nSPS) is 9.81. The number of carbonyl (C=O) groups excluding carboxylic acids is 1. The molecule has 1 N–H and O–H groups in total. The molecule has 2 aromatic carbocycles. The van der Waals surface area contributed by atoms with Crippen LogP contribution in [0, 0.1) is 0 Å². The van der Waals surface area contributed by atoms with Crippen molar-refractivity contribution in [3.05, 3.63) is 53.0 Å². The molecule has 0 saturated carbocycles. The lowest BCUT2D eigenvalue weighted by Gasteiger charge is -2.08. The summed E-state index contributed by atoms with van der Waals surface area (Å²) in [7, 11) is 0. The van der Waals surface area contributed by atoms with Gasteiger partial charge in [0.1, 0.15) is 0 Å². The molecule has 0 saturated heterocycles. The second-order valence-corrected chi connectivity index (χ2v) is 4.23. The van der Waals surface area contributed by atoms with E-state index in [2.05, 4.69) is 21.2 Å². The van der Waals surface area contributed by atoms with Crippen LogP contribution in [0.4, 0.5) is 5.69 Å². The van der Waals surface area contributed by atoms with Gasteiger partial charge in [0.25, 0.3) is 0 Å². The minimum atomic E-state index is 0.692. The van der Waals surface area contributed by atoms with E-state index in [9.17, 15) is 4.79 Å². The summed E-state index contributed by atoms with van der Waals surface area (Å²) in [6.45, 7) is 0. The van der Waals surface area contributed by atoms with Crippen LogP contribution in [0.25, 0.3) is 11.1 Å². The highest BCUT2D eigenvalue weighted by Gasteiger charge is 2.02. The number of halogens is 1. The summed E-state index contributed by atoms with van der Waals surface area (Å²) in [6.07, 6.45) is 0.692. The third-order valence-electron chi connectivity index (χ3n) is 2.30. The lowest BCUT2D eigenvalue weighted by Crippen LogP contribution is -1.95. The number of para-hydroxylation sites is 1. The van der Waals surface area contributed by atoms with Gasteiger partial charge in [-0.25, -0.2) is 0 Å². The van der Waals surface area contributed by atoms with E-state index in [0.717, 1.165) is 21.3 Å². The van der Waals surface area contributed by atoms with E-state index in [1.807, 2.05) is 48.5 Å². The molecule has 3 heteroatoms. The number of anilines is 1. The van der Waals surface area contributed by atoms with E-state index in [4.69, 9.17) is 0 Å². The van der Waals surface area contributed by atoms with E-state index >= 15 is 0 Å². The minimum Gasteiger partial charge on any atom is -0.328 e. The second kappa shape index (κ2) is 4.94. The molecule has 0 fully saturated rings. The molecule has 0 aromatic heterocycles. The van der Waals surface area contributed by atoms with Crippen LogP contribution in [-0.4, -0.2) is 6.41 Å². The fourth-order valence-corrected chi connectivity index (χ4v) is 1.82. The van der Waals surface area contributed by atoms with Crippen molar-refractivity contribution < 1.29 is 4.79 Å². The van der Waals surface area contributed by atoms with Crippen molar-refractivity contribution in [2.75, 3.05) is 5.32 Å². The molecule has 2 nitrogen and oxygen atoms in total. The van der Waals surface area contributed by atoms with Crippen LogP contribution in [-0.2, 0) is 4.79 Å². The van der Waals surface area contributed by atoms with Crippen LogP contribution >= 0.6 is 15.9 Å². The van der Waals surface area contributed by atoms with Gasteiger partial charge in [-0.2, -0.15) is 0 Å². The number of benzene rings is 2. The Kier molecular flexibility index (Phi) is 3.37. The molecule has 1 amide bonds. The Hall–Kier alpha value is -1.61. The Balaban J connectivity index is 2.46. The molecular formula is C13H10BrNO. The third-order valence-corrected chi connectivity index (χ3v) is 2.83. The Morgan fingerprint density at radius 3 is 2.38 bits per heavy atom. The smallest absolute Gasteiger partial charge is 0.211 e. The molecule has 2 rings (SSSR count). The molecule has 80 valence electrons. The highest BCUT2D eigenvalue weighted by molar-refractivity contribution is 9.10. The van der Waals surface area contributed by atoms with Gasteiger partial charge in [0.2, 0.25) is 6.41 Å². The van der Waals surface area contributed by atoms with Gasteiger partial charge in [0.15, 0.2) is 0 Å². The number of carbonyl (C=O) groups is 1. The lowest BCUT2D eigenvalue weighted by atomic mass is 10.0. The maximum Gasteiger partial charge on any atom is 0.211 e. The number of hydrogen-bond acceptors (Lipinski definition) is 1.